The number of anilines is 3. The van der Waals surface area contributed by atoms with Gasteiger partial charge in [-0.1, -0.05) is 158 Å². The van der Waals surface area contributed by atoms with E-state index in [0.29, 0.717) is 0 Å². The number of hydrogen-bond acceptors (Lipinski definition) is 2. The highest BCUT2D eigenvalue weighted by atomic mass is 16.3. The lowest BCUT2D eigenvalue weighted by Crippen LogP contribution is -2.10. The number of nitrogens with zero attached hydrogens (tertiary/aromatic N) is 2. The molecule has 0 radical (unpaired) electrons. The second kappa shape index (κ2) is 14.3. The maximum Gasteiger partial charge on any atom is 0.136 e. The molecule has 0 N–H and O–H groups in total. The Hall–Kier alpha value is -8.14. The molecule has 0 bridgehead atoms. The van der Waals surface area contributed by atoms with Crippen molar-refractivity contribution in [3.63, 3.8) is 0 Å². The first-order valence-corrected chi connectivity index (χ1v) is 20.8. The number of hydrogen-bond donors (Lipinski definition) is 0. The van der Waals surface area contributed by atoms with Crippen molar-refractivity contribution in [3.8, 4) is 39.1 Å². The fourth-order valence-electron chi connectivity index (χ4n) is 9.35. The molecule has 0 aliphatic heterocycles. The fraction of sp³-hybridized carbons (Fsp3) is 0. The molecule has 2 heterocycles. The quantitative estimate of drug-likeness (QED) is 0.161. The van der Waals surface area contributed by atoms with Crippen molar-refractivity contribution >= 4 is 71.6 Å². The van der Waals surface area contributed by atoms with Gasteiger partial charge in [0.1, 0.15) is 11.2 Å². The first-order chi connectivity index (χ1) is 30.2. The molecule has 0 saturated heterocycles. The van der Waals surface area contributed by atoms with E-state index in [2.05, 4.69) is 228 Å². The first kappa shape index (κ1) is 34.9. The molecule has 10 aromatic carbocycles. The van der Waals surface area contributed by atoms with Crippen molar-refractivity contribution in [1.82, 2.24) is 4.57 Å². The van der Waals surface area contributed by atoms with E-state index in [1.807, 2.05) is 12.1 Å². The molecule has 2 aromatic heterocycles. The van der Waals surface area contributed by atoms with Crippen LogP contribution in [0.4, 0.5) is 17.1 Å². The van der Waals surface area contributed by atoms with Crippen LogP contribution in [-0.2, 0) is 0 Å². The summed E-state index contributed by atoms with van der Waals surface area (Å²) in [5.74, 6) is 0. The van der Waals surface area contributed by atoms with E-state index in [4.69, 9.17) is 4.42 Å². The van der Waals surface area contributed by atoms with E-state index in [1.54, 1.807) is 0 Å². The molecule has 286 valence electrons. The van der Waals surface area contributed by atoms with Crippen LogP contribution in [0.2, 0.25) is 0 Å². The zero-order valence-corrected chi connectivity index (χ0v) is 33.2. The van der Waals surface area contributed by atoms with Crippen molar-refractivity contribution in [2.24, 2.45) is 0 Å². The van der Waals surface area contributed by atoms with E-state index >= 15 is 0 Å². The minimum atomic E-state index is 0.890. The third-order valence-corrected chi connectivity index (χ3v) is 12.2. The van der Waals surface area contributed by atoms with E-state index < -0.39 is 0 Å². The van der Waals surface area contributed by atoms with E-state index in [1.165, 1.54) is 43.7 Å². The number of benzene rings is 10. The standard InChI is InChI=1S/C58H38N2O/c1-2-15-41-36-43(31-30-39(41)14-1)42-16-11-18-46(37-42)59(47-19-12-17-44(38-47)49-24-13-29-57-58(49)52-23-6-10-28-56(52)61-57)45-34-32-40(33-35-45)48-20-3-7-25-53(48)60-54-26-8-4-21-50(54)51-22-5-9-27-55(51)60/h1-38H. The van der Waals surface area contributed by atoms with Crippen molar-refractivity contribution in [2.75, 3.05) is 4.90 Å². The summed E-state index contributed by atoms with van der Waals surface area (Å²) >= 11 is 0. The van der Waals surface area contributed by atoms with Crippen molar-refractivity contribution in [3.05, 3.63) is 231 Å². The first-order valence-electron chi connectivity index (χ1n) is 20.8. The number of para-hydroxylation sites is 4. The number of aromatic nitrogens is 1. The SMILES string of the molecule is c1cc(-c2ccc3ccccc3c2)cc(N(c2ccc(-c3ccccc3-n3c4ccccc4c4ccccc43)cc2)c2cccc(-c3cccc4oc5ccccc5c34)c2)c1. The normalized spacial score (nSPS) is 11.6. The Morgan fingerprint density at radius 2 is 0.885 bits per heavy atom. The Bertz CT molecular complexity index is 3560. The topological polar surface area (TPSA) is 21.3 Å². The van der Waals surface area contributed by atoms with Gasteiger partial charge in [0.2, 0.25) is 0 Å². The van der Waals surface area contributed by atoms with E-state index in [9.17, 15) is 0 Å². The van der Waals surface area contributed by atoms with Crippen molar-refractivity contribution in [2.45, 2.75) is 0 Å². The van der Waals surface area contributed by atoms with Gasteiger partial charge in [-0.25, -0.2) is 0 Å². The average molecular weight is 779 g/mol. The summed E-state index contributed by atoms with van der Waals surface area (Å²) < 4.78 is 8.73. The number of furan rings is 1. The summed E-state index contributed by atoms with van der Waals surface area (Å²) in [6, 6.07) is 83.0. The van der Waals surface area contributed by atoms with Crippen LogP contribution in [0.25, 0.3) is 93.6 Å². The summed E-state index contributed by atoms with van der Waals surface area (Å²) in [6.07, 6.45) is 0. The highest BCUT2D eigenvalue weighted by Gasteiger charge is 2.19. The van der Waals surface area contributed by atoms with Crippen LogP contribution in [0.3, 0.4) is 0 Å². The van der Waals surface area contributed by atoms with Crippen LogP contribution >= 0.6 is 0 Å². The molecule has 0 aliphatic rings. The third kappa shape index (κ3) is 5.90. The smallest absolute Gasteiger partial charge is 0.136 e. The average Bonchev–Trinajstić information content (AvgIpc) is 3.88. The Labute approximate surface area is 353 Å². The van der Waals surface area contributed by atoms with Gasteiger partial charge >= 0.3 is 0 Å². The molecule has 61 heavy (non-hydrogen) atoms. The van der Waals surface area contributed by atoms with Crippen LogP contribution in [0.1, 0.15) is 0 Å². The fourth-order valence-corrected chi connectivity index (χ4v) is 9.35. The van der Waals surface area contributed by atoms with Gasteiger partial charge in [0.25, 0.3) is 0 Å². The summed E-state index contributed by atoms with van der Waals surface area (Å²) in [7, 11) is 0. The highest BCUT2D eigenvalue weighted by molar-refractivity contribution is 6.13. The van der Waals surface area contributed by atoms with Crippen LogP contribution < -0.4 is 4.90 Å². The largest absolute Gasteiger partial charge is 0.456 e. The van der Waals surface area contributed by atoms with Gasteiger partial charge in [0, 0.05) is 44.2 Å². The molecule has 0 atom stereocenters. The van der Waals surface area contributed by atoms with Crippen LogP contribution in [0, 0.1) is 0 Å². The van der Waals surface area contributed by atoms with E-state index in [0.717, 1.165) is 66.9 Å². The van der Waals surface area contributed by atoms with Crippen LogP contribution in [-0.4, -0.2) is 4.57 Å². The minimum Gasteiger partial charge on any atom is -0.456 e. The highest BCUT2D eigenvalue weighted by Crippen LogP contribution is 2.43. The van der Waals surface area contributed by atoms with Gasteiger partial charge in [0.05, 0.1) is 16.7 Å². The van der Waals surface area contributed by atoms with Crippen molar-refractivity contribution < 1.29 is 4.42 Å². The molecule has 3 nitrogen and oxygen atoms in total. The number of rotatable bonds is 7. The predicted molar refractivity (Wildman–Crippen MR) is 257 cm³/mol. The maximum atomic E-state index is 6.32. The second-order valence-electron chi connectivity index (χ2n) is 15.7. The predicted octanol–water partition coefficient (Wildman–Crippen LogP) is 16.3. The second-order valence-corrected chi connectivity index (χ2v) is 15.7. The zero-order valence-electron chi connectivity index (χ0n) is 33.2. The molecule has 0 amide bonds. The van der Waals surface area contributed by atoms with Crippen LogP contribution in [0.15, 0.2) is 235 Å². The monoisotopic (exact) mass is 778 g/mol. The van der Waals surface area contributed by atoms with Gasteiger partial charge in [-0.3, -0.25) is 0 Å². The van der Waals surface area contributed by atoms with Crippen molar-refractivity contribution in [1.29, 1.82) is 0 Å². The van der Waals surface area contributed by atoms with Gasteiger partial charge in [0.15, 0.2) is 0 Å². The summed E-state index contributed by atoms with van der Waals surface area (Å²) in [6.45, 7) is 0. The molecular weight excluding hydrogens is 741 g/mol. The molecule has 0 spiro atoms. The Morgan fingerprint density at radius 3 is 1.67 bits per heavy atom. The molecule has 3 heteroatoms. The molecule has 0 unspecified atom stereocenters. The van der Waals surface area contributed by atoms with Crippen LogP contribution in [0.5, 0.6) is 0 Å². The summed E-state index contributed by atoms with van der Waals surface area (Å²) in [5.41, 5.74) is 15.5. The molecule has 12 rings (SSSR count). The van der Waals surface area contributed by atoms with Gasteiger partial charge in [-0.15, -0.1) is 0 Å². The molecular formula is C58H38N2O. The lowest BCUT2D eigenvalue weighted by molar-refractivity contribution is 0.669. The van der Waals surface area contributed by atoms with Gasteiger partial charge in [-0.2, -0.15) is 0 Å². The summed E-state index contributed by atoms with van der Waals surface area (Å²) in [4.78, 5) is 2.38. The zero-order chi connectivity index (χ0) is 40.3. The van der Waals surface area contributed by atoms with Gasteiger partial charge in [-0.05, 0) is 111 Å². The molecule has 12 aromatic rings. The van der Waals surface area contributed by atoms with E-state index in [-0.39, 0.29) is 0 Å². The summed E-state index contributed by atoms with van der Waals surface area (Å²) in [5, 5.41) is 7.23. The number of fused-ring (bicyclic) bond motifs is 7. The lowest BCUT2D eigenvalue weighted by Gasteiger charge is -2.27. The Kier molecular flexibility index (Phi) is 8.17. The Balaban J connectivity index is 1.01. The molecule has 0 saturated carbocycles. The van der Waals surface area contributed by atoms with Gasteiger partial charge < -0.3 is 13.9 Å². The molecule has 0 aliphatic carbocycles. The minimum absolute atomic E-state index is 0.890. The third-order valence-electron chi connectivity index (χ3n) is 12.2. The lowest BCUT2D eigenvalue weighted by atomic mass is 9.98. The maximum absolute atomic E-state index is 6.32. The molecule has 0 fully saturated rings. The Morgan fingerprint density at radius 1 is 0.328 bits per heavy atom.